The molecule has 0 atom stereocenters. The number of aromatic carboxylic acids is 1. The highest BCUT2D eigenvalue weighted by Crippen LogP contribution is 2.38. The number of aryl methyl sites for hydroxylation is 1. The van der Waals surface area contributed by atoms with Crippen molar-refractivity contribution in [3.05, 3.63) is 34.0 Å². The van der Waals surface area contributed by atoms with E-state index in [0.29, 0.717) is 12.3 Å². The third-order valence-corrected chi connectivity index (χ3v) is 3.88. The molecule has 0 aliphatic heterocycles. The Morgan fingerprint density at radius 1 is 1.37 bits per heavy atom. The number of nitrogens with two attached hydrogens (primary N) is 1. The van der Waals surface area contributed by atoms with Crippen LogP contribution in [0.4, 0.5) is 5.69 Å². The maximum absolute atomic E-state index is 11.1. The summed E-state index contributed by atoms with van der Waals surface area (Å²) in [7, 11) is 0. The van der Waals surface area contributed by atoms with E-state index in [9.17, 15) is 4.79 Å². The molecule has 0 spiro atoms. The molecule has 0 aliphatic carbocycles. The summed E-state index contributed by atoms with van der Waals surface area (Å²) in [6.45, 7) is 4.41. The molecule has 5 heteroatoms. The maximum atomic E-state index is 11.1. The molecule has 19 heavy (non-hydrogen) atoms. The summed E-state index contributed by atoms with van der Waals surface area (Å²) < 4.78 is 5.38. The molecule has 0 amide bonds. The molecule has 0 unspecified atom stereocenters. The number of anilines is 1. The predicted octanol–water partition coefficient (Wildman–Crippen LogP) is 3.40. The highest BCUT2D eigenvalue weighted by Gasteiger charge is 2.19. The summed E-state index contributed by atoms with van der Waals surface area (Å²) in [5.74, 6) is -0.195. The Balaban J connectivity index is 2.44. The lowest BCUT2D eigenvalue weighted by molar-refractivity contribution is 0.0703. The van der Waals surface area contributed by atoms with Gasteiger partial charge in [0.05, 0.1) is 12.3 Å². The number of hydrogen-bond donors (Lipinski definition) is 2. The molecule has 0 saturated carbocycles. The number of rotatable bonds is 4. The van der Waals surface area contributed by atoms with E-state index in [1.54, 1.807) is 0 Å². The van der Waals surface area contributed by atoms with Gasteiger partial charge >= 0.3 is 5.97 Å². The van der Waals surface area contributed by atoms with Crippen LogP contribution in [0.5, 0.6) is 5.75 Å². The standard InChI is InChI=1S/C14H15NO3S/c1-3-18-10-6-4-9(5-7-10)11-8(2)19-13(12(11)15)14(16)17/h4-7H,3,15H2,1-2H3,(H,16,17). The zero-order valence-corrected chi connectivity index (χ0v) is 11.6. The topological polar surface area (TPSA) is 72.5 Å². The molecule has 0 aliphatic rings. The van der Waals surface area contributed by atoms with Gasteiger partial charge in [-0.2, -0.15) is 0 Å². The minimum absolute atomic E-state index is 0.196. The number of carboxylic acids is 1. The molecule has 1 aromatic heterocycles. The molecule has 0 radical (unpaired) electrons. The summed E-state index contributed by atoms with van der Waals surface area (Å²) in [6.07, 6.45) is 0. The van der Waals surface area contributed by atoms with Crippen LogP contribution in [-0.2, 0) is 0 Å². The van der Waals surface area contributed by atoms with E-state index in [2.05, 4.69) is 0 Å². The Hall–Kier alpha value is -2.01. The van der Waals surface area contributed by atoms with Crippen molar-refractivity contribution >= 4 is 23.0 Å². The first-order valence-corrected chi connectivity index (χ1v) is 6.71. The number of hydrogen-bond acceptors (Lipinski definition) is 4. The number of carbonyl (C=O) groups is 1. The number of ether oxygens (including phenoxy) is 1. The molecule has 0 fully saturated rings. The summed E-state index contributed by atoms with van der Waals surface area (Å²) in [6, 6.07) is 7.50. The Morgan fingerprint density at radius 3 is 2.47 bits per heavy atom. The van der Waals surface area contributed by atoms with Gasteiger partial charge in [0.15, 0.2) is 0 Å². The van der Waals surface area contributed by atoms with Gasteiger partial charge < -0.3 is 15.6 Å². The first-order chi connectivity index (χ1) is 9.04. The Labute approximate surface area is 115 Å². The molecule has 2 aromatic rings. The second-order valence-electron chi connectivity index (χ2n) is 4.04. The number of benzene rings is 1. The van der Waals surface area contributed by atoms with Gasteiger partial charge in [-0.15, -0.1) is 11.3 Å². The smallest absolute Gasteiger partial charge is 0.348 e. The fourth-order valence-corrected chi connectivity index (χ4v) is 2.90. The van der Waals surface area contributed by atoms with Crippen LogP contribution in [0, 0.1) is 6.92 Å². The van der Waals surface area contributed by atoms with Crippen LogP contribution in [0.2, 0.25) is 0 Å². The zero-order valence-electron chi connectivity index (χ0n) is 10.8. The predicted molar refractivity (Wildman–Crippen MR) is 77.0 cm³/mol. The van der Waals surface area contributed by atoms with Crippen LogP contribution < -0.4 is 10.5 Å². The summed E-state index contributed by atoms with van der Waals surface area (Å²) in [5.41, 5.74) is 7.97. The average Bonchev–Trinajstić information content (AvgIpc) is 2.67. The second-order valence-corrected chi connectivity index (χ2v) is 5.26. The molecule has 0 bridgehead atoms. The minimum atomic E-state index is -0.984. The molecule has 3 N–H and O–H groups in total. The van der Waals surface area contributed by atoms with E-state index in [-0.39, 0.29) is 4.88 Å². The maximum Gasteiger partial charge on any atom is 0.348 e. The lowest BCUT2D eigenvalue weighted by Gasteiger charge is -2.06. The normalized spacial score (nSPS) is 10.4. The summed E-state index contributed by atoms with van der Waals surface area (Å²) in [4.78, 5) is 12.2. The lowest BCUT2D eigenvalue weighted by Crippen LogP contribution is -1.98. The van der Waals surface area contributed by atoms with Crippen LogP contribution in [0.25, 0.3) is 11.1 Å². The van der Waals surface area contributed by atoms with Crippen molar-refractivity contribution in [2.24, 2.45) is 0 Å². The first-order valence-electron chi connectivity index (χ1n) is 5.90. The third-order valence-electron chi connectivity index (χ3n) is 2.77. The SMILES string of the molecule is CCOc1ccc(-c2c(C)sc(C(=O)O)c2N)cc1. The largest absolute Gasteiger partial charge is 0.494 e. The zero-order chi connectivity index (χ0) is 14.0. The van der Waals surface area contributed by atoms with Gasteiger partial charge in [0.25, 0.3) is 0 Å². The highest BCUT2D eigenvalue weighted by atomic mass is 32.1. The quantitative estimate of drug-likeness (QED) is 0.898. The first kappa shape index (κ1) is 13.4. The van der Waals surface area contributed by atoms with Crippen LogP contribution >= 0.6 is 11.3 Å². The van der Waals surface area contributed by atoms with Crippen molar-refractivity contribution in [2.75, 3.05) is 12.3 Å². The van der Waals surface area contributed by atoms with Crippen LogP contribution in [0.3, 0.4) is 0 Å². The van der Waals surface area contributed by atoms with Crippen LogP contribution in [0.15, 0.2) is 24.3 Å². The Bertz CT molecular complexity index is 602. The molecule has 1 heterocycles. The minimum Gasteiger partial charge on any atom is -0.494 e. The second kappa shape index (κ2) is 5.32. The average molecular weight is 277 g/mol. The Morgan fingerprint density at radius 2 is 2.00 bits per heavy atom. The molecule has 4 nitrogen and oxygen atoms in total. The summed E-state index contributed by atoms with van der Waals surface area (Å²) in [5, 5.41) is 9.07. The van der Waals surface area contributed by atoms with E-state index in [1.165, 1.54) is 11.3 Å². The van der Waals surface area contributed by atoms with Gasteiger partial charge in [-0.3, -0.25) is 0 Å². The van der Waals surface area contributed by atoms with E-state index in [1.807, 2.05) is 38.1 Å². The van der Waals surface area contributed by atoms with Crippen molar-refractivity contribution in [2.45, 2.75) is 13.8 Å². The van der Waals surface area contributed by atoms with Gasteiger partial charge in [0.2, 0.25) is 0 Å². The lowest BCUT2D eigenvalue weighted by atomic mass is 10.0. The van der Waals surface area contributed by atoms with E-state index >= 15 is 0 Å². The monoisotopic (exact) mass is 277 g/mol. The van der Waals surface area contributed by atoms with Gasteiger partial charge in [-0.1, -0.05) is 12.1 Å². The van der Waals surface area contributed by atoms with E-state index in [0.717, 1.165) is 21.8 Å². The molecule has 0 saturated heterocycles. The summed E-state index contributed by atoms with van der Waals surface area (Å²) >= 11 is 1.20. The van der Waals surface area contributed by atoms with Gasteiger partial charge in [0.1, 0.15) is 10.6 Å². The van der Waals surface area contributed by atoms with Gasteiger partial charge in [-0.05, 0) is 31.5 Å². The molecular formula is C14H15NO3S. The fourth-order valence-electron chi connectivity index (χ4n) is 1.96. The number of nitrogen functional groups attached to an aromatic ring is 1. The van der Waals surface area contributed by atoms with Gasteiger partial charge in [0, 0.05) is 10.4 Å². The van der Waals surface area contributed by atoms with Crippen molar-refractivity contribution in [3.63, 3.8) is 0 Å². The fraction of sp³-hybridized carbons (Fsp3) is 0.214. The Kier molecular flexibility index (Phi) is 3.76. The van der Waals surface area contributed by atoms with Crippen molar-refractivity contribution in [1.82, 2.24) is 0 Å². The van der Waals surface area contributed by atoms with E-state index < -0.39 is 5.97 Å². The van der Waals surface area contributed by atoms with E-state index in [4.69, 9.17) is 15.6 Å². The van der Waals surface area contributed by atoms with Crippen LogP contribution in [0.1, 0.15) is 21.5 Å². The van der Waals surface area contributed by atoms with Crippen molar-refractivity contribution in [3.8, 4) is 16.9 Å². The molecule has 1 aromatic carbocycles. The highest BCUT2D eigenvalue weighted by molar-refractivity contribution is 7.15. The van der Waals surface area contributed by atoms with Crippen LogP contribution in [-0.4, -0.2) is 17.7 Å². The molecular weight excluding hydrogens is 262 g/mol. The molecule has 2 rings (SSSR count). The number of thiophene rings is 1. The molecule has 100 valence electrons. The van der Waals surface area contributed by atoms with Crippen molar-refractivity contribution in [1.29, 1.82) is 0 Å². The number of carboxylic acid groups (broad SMARTS) is 1. The van der Waals surface area contributed by atoms with Crippen molar-refractivity contribution < 1.29 is 14.6 Å². The van der Waals surface area contributed by atoms with Gasteiger partial charge in [-0.25, -0.2) is 4.79 Å². The third kappa shape index (κ3) is 2.56.